The van der Waals surface area contributed by atoms with E-state index in [9.17, 15) is 0 Å². The third kappa shape index (κ3) is 3.35. The standard InChI is InChI=1S/C15H21N3OS/c1-9(2)17-14(15-18-10(3)11(4)20-15)12-6-7-13(19-5)16-8-12/h6-9,14,17H,1-5H3. The molecule has 2 heterocycles. The van der Waals surface area contributed by atoms with Crippen LogP contribution in [0, 0.1) is 13.8 Å². The third-order valence-corrected chi connectivity index (χ3v) is 4.23. The molecule has 0 bridgehead atoms. The Kier molecular flexibility index (Phi) is 4.73. The van der Waals surface area contributed by atoms with Gasteiger partial charge in [-0.2, -0.15) is 0 Å². The second-order valence-electron chi connectivity index (χ2n) is 5.08. The molecule has 0 amide bonds. The van der Waals surface area contributed by atoms with E-state index in [4.69, 9.17) is 4.74 Å². The van der Waals surface area contributed by atoms with Crippen LogP contribution in [0.4, 0.5) is 0 Å². The number of hydrogen-bond donors (Lipinski definition) is 1. The minimum Gasteiger partial charge on any atom is -0.481 e. The van der Waals surface area contributed by atoms with Crippen LogP contribution in [-0.2, 0) is 0 Å². The van der Waals surface area contributed by atoms with Crippen LogP contribution in [-0.4, -0.2) is 23.1 Å². The summed E-state index contributed by atoms with van der Waals surface area (Å²) >= 11 is 1.74. The van der Waals surface area contributed by atoms with Crippen molar-refractivity contribution in [2.24, 2.45) is 0 Å². The molecule has 2 aromatic heterocycles. The van der Waals surface area contributed by atoms with Crippen LogP contribution in [0.3, 0.4) is 0 Å². The van der Waals surface area contributed by atoms with Crippen LogP contribution in [0.5, 0.6) is 5.88 Å². The molecule has 4 nitrogen and oxygen atoms in total. The van der Waals surface area contributed by atoms with Gasteiger partial charge < -0.3 is 10.1 Å². The van der Waals surface area contributed by atoms with Gasteiger partial charge in [0.15, 0.2) is 0 Å². The summed E-state index contributed by atoms with van der Waals surface area (Å²) in [4.78, 5) is 10.2. The van der Waals surface area contributed by atoms with Gasteiger partial charge in [-0.1, -0.05) is 6.07 Å². The average Bonchev–Trinajstić information content (AvgIpc) is 2.76. The van der Waals surface area contributed by atoms with E-state index in [-0.39, 0.29) is 6.04 Å². The topological polar surface area (TPSA) is 47.0 Å². The number of hydrogen-bond acceptors (Lipinski definition) is 5. The Balaban J connectivity index is 2.35. The average molecular weight is 291 g/mol. The smallest absolute Gasteiger partial charge is 0.212 e. The van der Waals surface area contributed by atoms with Crippen LogP contribution in [0.15, 0.2) is 18.3 Å². The van der Waals surface area contributed by atoms with E-state index in [1.54, 1.807) is 18.4 Å². The fourth-order valence-corrected chi connectivity index (χ4v) is 2.96. The Hall–Kier alpha value is -1.46. The number of ether oxygens (including phenoxy) is 1. The highest BCUT2D eigenvalue weighted by Crippen LogP contribution is 2.28. The zero-order valence-electron chi connectivity index (χ0n) is 12.6. The predicted octanol–water partition coefficient (Wildman–Crippen LogP) is 3.25. The first-order valence-corrected chi connectivity index (χ1v) is 7.52. The molecule has 0 aliphatic rings. The number of nitrogens with one attached hydrogen (secondary N) is 1. The highest BCUT2D eigenvalue weighted by molar-refractivity contribution is 7.11. The fourth-order valence-electron chi connectivity index (χ4n) is 1.95. The van der Waals surface area contributed by atoms with Gasteiger partial charge in [0, 0.05) is 23.2 Å². The molecule has 2 aromatic rings. The Bertz CT molecular complexity index is 543. The van der Waals surface area contributed by atoms with E-state index in [1.807, 2.05) is 25.3 Å². The highest BCUT2D eigenvalue weighted by atomic mass is 32.1. The van der Waals surface area contributed by atoms with Gasteiger partial charge >= 0.3 is 0 Å². The number of pyridine rings is 1. The van der Waals surface area contributed by atoms with Gasteiger partial charge in [-0.05, 0) is 33.3 Å². The highest BCUT2D eigenvalue weighted by Gasteiger charge is 2.20. The molecule has 1 N–H and O–H groups in total. The second-order valence-corrected chi connectivity index (χ2v) is 6.32. The van der Waals surface area contributed by atoms with Crippen molar-refractivity contribution in [1.82, 2.24) is 15.3 Å². The molecule has 0 saturated carbocycles. The maximum atomic E-state index is 5.11. The molecule has 0 aliphatic heterocycles. The quantitative estimate of drug-likeness (QED) is 0.918. The normalized spacial score (nSPS) is 12.7. The molecule has 108 valence electrons. The molecule has 20 heavy (non-hydrogen) atoms. The number of methoxy groups -OCH3 is 1. The first kappa shape index (κ1) is 14.9. The van der Waals surface area contributed by atoms with Crippen LogP contribution in [0.1, 0.15) is 41.0 Å². The van der Waals surface area contributed by atoms with E-state index in [2.05, 4.69) is 36.1 Å². The first-order chi connectivity index (χ1) is 9.51. The molecule has 0 aliphatic carbocycles. The van der Waals surface area contributed by atoms with Crippen LogP contribution >= 0.6 is 11.3 Å². The van der Waals surface area contributed by atoms with E-state index in [0.29, 0.717) is 11.9 Å². The van der Waals surface area contributed by atoms with Gasteiger partial charge in [0.25, 0.3) is 0 Å². The zero-order chi connectivity index (χ0) is 14.7. The zero-order valence-corrected chi connectivity index (χ0v) is 13.4. The lowest BCUT2D eigenvalue weighted by molar-refractivity contribution is 0.397. The predicted molar refractivity (Wildman–Crippen MR) is 82.5 cm³/mol. The fraction of sp³-hybridized carbons (Fsp3) is 0.467. The molecule has 5 heteroatoms. The summed E-state index contributed by atoms with van der Waals surface area (Å²) in [5.74, 6) is 0.628. The lowest BCUT2D eigenvalue weighted by atomic mass is 10.1. The molecule has 0 spiro atoms. The lowest BCUT2D eigenvalue weighted by Crippen LogP contribution is -2.29. The number of aryl methyl sites for hydroxylation is 2. The van der Waals surface area contributed by atoms with Crippen LogP contribution < -0.4 is 10.1 Å². The molecule has 2 rings (SSSR count). The van der Waals surface area contributed by atoms with Crippen LogP contribution in [0.25, 0.3) is 0 Å². The van der Waals surface area contributed by atoms with Crippen molar-refractivity contribution in [2.75, 3.05) is 7.11 Å². The summed E-state index contributed by atoms with van der Waals surface area (Å²) < 4.78 is 5.11. The Labute approximate surface area is 124 Å². The Morgan fingerprint density at radius 1 is 1.25 bits per heavy atom. The van der Waals surface area contributed by atoms with E-state index in [1.165, 1.54) is 4.88 Å². The van der Waals surface area contributed by atoms with E-state index >= 15 is 0 Å². The summed E-state index contributed by atoms with van der Waals surface area (Å²) in [6.45, 7) is 8.43. The van der Waals surface area contributed by atoms with Gasteiger partial charge in [0.2, 0.25) is 5.88 Å². The minimum atomic E-state index is 0.0748. The van der Waals surface area contributed by atoms with Crippen molar-refractivity contribution in [2.45, 2.75) is 39.8 Å². The van der Waals surface area contributed by atoms with Gasteiger partial charge in [-0.3, -0.25) is 0 Å². The molecule has 0 saturated heterocycles. The molecular weight excluding hydrogens is 270 g/mol. The largest absolute Gasteiger partial charge is 0.481 e. The number of thiazole rings is 1. The molecule has 1 unspecified atom stereocenters. The minimum absolute atomic E-state index is 0.0748. The molecule has 0 fully saturated rings. The van der Waals surface area contributed by atoms with Gasteiger partial charge in [0.1, 0.15) is 5.01 Å². The van der Waals surface area contributed by atoms with E-state index in [0.717, 1.165) is 16.3 Å². The number of nitrogens with zero attached hydrogens (tertiary/aromatic N) is 2. The third-order valence-electron chi connectivity index (χ3n) is 3.09. The second kappa shape index (κ2) is 6.33. The van der Waals surface area contributed by atoms with Gasteiger partial charge in [-0.15, -0.1) is 11.3 Å². The monoisotopic (exact) mass is 291 g/mol. The lowest BCUT2D eigenvalue weighted by Gasteiger charge is -2.19. The molecular formula is C15H21N3OS. The van der Waals surface area contributed by atoms with Crippen molar-refractivity contribution in [3.63, 3.8) is 0 Å². The van der Waals surface area contributed by atoms with Crippen molar-refractivity contribution < 1.29 is 4.74 Å². The number of aromatic nitrogens is 2. The first-order valence-electron chi connectivity index (χ1n) is 6.71. The van der Waals surface area contributed by atoms with Crippen molar-refractivity contribution in [3.05, 3.63) is 39.5 Å². The Morgan fingerprint density at radius 2 is 2.00 bits per heavy atom. The SMILES string of the molecule is COc1ccc(C(NC(C)C)c2nc(C)c(C)s2)cn1. The maximum Gasteiger partial charge on any atom is 0.212 e. The number of rotatable bonds is 5. The van der Waals surface area contributed by atoms with Gasteiger partial charge in [-0.25, -0.2) is 9.97 Å². The summed E-state index contributed by atoms with van der Waals surface area (Å²) in [7, 11) is 1.62. The molecule has 1 atom stereocenters. The Morgan fingerprint density at radius 3 is 2.45 bits per heavy atom. The van der Waals surface area contributed by atoms with Gasteiger partial charge in [0.05, 0.1) is 18.8 Å². The summed E-state index contributed by atoms with van der Waals surface area (Å²) in [5.41, 5.74) is 2.20. The summed E-state index contributed by atoms with van der Waals surface area (Å²) in [6.07, 6.45) is 1.85. The molecule has 0 aromatic carbocycles. The van der Waals surface area contributed by atoms with Crippen molar-refractivity contribution in [3.8, 4) is 5.88 Å². The van der Waals surface area contributed by atoms with Crippen LogP contribution in [0.2, 0.25) is 0 Å². The van der Waals surface area contributed by atoms with E-state index < -0.39 is 0 Å². The molecule has 0 radical (unpaired) electrons. The van der Waals surface area contributed by atoms with Crippen molar-refractivity contribution in [1.29, 1.82) is 0 Å². The van der Waals surface area contributed by atoms with Crippen molar-refractivity contribution >= 4 is 11.3 Å². The summed E-state index contributed by atoms with van der Waals surface area (Å²) in [5, 5.41) is 4.64. The maximum absolute atomic E-state index is 5.11. The summed E-state index contributed by atoms with van der Waals surface area (Å²) in [6, 6.07) is 4.37.